The number of methoxy groups -OCH3 is 1. The van der Waals surface area contributed by atoms with E-state index in [-0.39, 0.29) is 0 Å². The van der Waals surface area contributed by atoms with Crippen LogP contribution in [0, 0.1) is 0 Å². The molecule has 2 nitrogen and oxygen atoms in total. The topological polar surface area (TPSA) is 12.5 Å². The number of aryl methyl sites for hydroxylation is 1. The number of rotatable bonds is 5. The van der Waals surface area contributed by atoms with Crippen molar-refractivity contribution in [1.82, 2.24) is 4.90 Å². The highest BCUT2D eigenvalue weighted by atomic mass is 35.5. The Labute approximate surface area is 137 Å². The van der Waals surface area contributed by atoms with Gasteiger partial charge in [0.2, 0.25) is 0 Å². The number of halogens is 1. The smallest absolute Gasteiger partial charge is 0.119 e. The maximum atomic E-state index is 5.92. The summed E-state index contributed by atoms with van der Waals surface area (Å²) in [6, 6.07) is 14.7. The minimum absolute atomic E-state index is 0.812. The highest BCUT2D eigenvalue weighted by Crippen LogP contribution is 2.24. The molecule has 22 heavy (non-hydrogen) atoms. The molecule has 2 aromatic rings. The predicted molar refractivity (Wildman–Crippen MR) is 91.7 cm³/mol. The summed E-state index contributed by atoms with van der Waals surface area (Å²) in [6.45, 7) is 3.34. The summed E-state index contributed by atoms with van der Waals surface area (Å²) < 4.78 is 5.31. The molecule has 0 bridgehead atoms. The fraction of sp³-hybridized carbons (Fsp3) is 0.368. The second-order valence-electron chi connectivity index (χ2n) is 5.89. The van der Waals surface area contributed by atoms with Crippen LogP contribution in [0.3, 0.4) is 0 Å². The number of benzene rings is 2. The van der Waals surface area contributed by atoms with Gasteiger partial charge in [-0.05, 0) is 66.8 Å². The molecule has 3 heteroatoms. The summed E-state index contributed by atoms with van der Waals surface area (Å²) in [4.78, 5) is 2.55. The fourth-order valence-corrected chi connectivity index (χ4v) is 3.19. The van der Waals surface area contributed by atoms with Crippen molar-refractivity contribution in [2.75, 3.05) is 20.2 Å². The molecule has 0 fully saturated rings. The van der Waals surface area contributed by atoms with Crippen molar-refractivity contribution < 1.29 is 4.74 Å². The van der Waals surface area contributed by atoms with Crippen molar-refractivity contribution in [3.05, 3.63) is 64.2 Å². The van der Waals surface area contributed by atoms with E-state index in [0.29, 0.717) is 0 Å². The molecular weight excluding hydrogens is 294 g/mol. The highest BCUT2D eigenvalue weighted by Gasteiger charge is 2.16. The zero-order chi connectivity index (χ0) is 15.4. The van der Waals surface area contributed by atoms with Gasteiger partial charge < -0.3 is 4.74 Å². The Kier molecular flexibility index (Phi) is 5.01. The van der Waals surface area contributed by atoms with Gasteiger partial charge >= 0.3 is 0 Å². The summed E-state index contributed by atoms with van der Waals surface area (Å²) >= 11 is 5.92. The van der Waals surface area contributed by atoms with Crippen LogP contribution in [0.15, 0.2) is 42.5 Å². The lowest BCUT2D eigenvalue weighted by Gasteiger charge is -2.29. The highest BCUT2D eigenvalue weighted by molar-refractivity contribution is 6.30. The summed E-state index contributed by atoms with van der Waals surface area (Å²) in [5.74, 6) is 0.968. The Morgan fingerprint density at radius 2 is 1.91 bits per heavy atom. The molecule has 0 saturated heterocycles. The van der Waals surface area contributed by atoms with Crippen LogP contribution in [0.1, 0.15) is 23.1 Å². The van der Waals surface area contributed by atoms with Gasteiger partial charge in [-0.15, -0.1) is 0 Å². The van der Waals surface area contributed by atoms with Crippen molar-refractivity contribution >= 4 is 11.6 Å². The molecule has 2 aromatic carbocycles. The molecule has 0 atom stereocenters. The second-order valence-corrected chi connectivity index (χ2v) is 6.33. The maximum Gasteiger partial charge on any atom is 0.119 e. The zero-order valence-corrected chi connectivity index (χ0v) is 13.8. The normalized spacial score (nSPS) is 14.6. The van der Waals surface area contributed by atoms with E-state index >= 15 is 0 Å². The van der Waals surface area contributed by atoms with Crippen LogP contribution in [-0.4, -0.2) is 25.1 Å². The average molecular weight is 316 g/mol. The van der Waals surface area contributed by atoms with E-state index < -0.39 is 0 Å². The van der Waals surface area contributed by atoms with Gasteiger partial charge in [-0.2, -0.15) is 0 Å². The lowest BCUT2D eigenvalue weighted by Crippen LogP contribution is -2.31. The molecule has 116 valence electrons. The van der Waals surface area contributed by atoms with E-state index in [2.05, 4.69) is 35.2 Å². The van der Waals surface area contributed by atoms with Crippen molar-refractivity contribution in [3.63, 3.8) is 0 Å². The lowest BCUT2D eigenvalue weighted by atomic mass is 9.99. The van der Waals surface area contributed by atoms with Gasteiger partial charge in [0.1, 0.15) is 5.75 Å². The third-order valence-electron chi connectivity index (χ3n) is 4.36. The Morgan fingerprint density at radius 1 is 1.09 bits per heavy atom. The van der Waals surface area contributed by atoms with E-state index in [0.717, 1.165) is 43.2 Å². The number of ether oxygens (including phenoxy) is 1. The minimum atomic E-state index is 0.812. The fourth-order valence-electron chi connectivity index (χ4n) is 3.06. The van der Waals surface area contributed by atoms with Crippen LogP contribution in [0.2, 0.25) is 5.02 Å². The van der Waals surface area contributed by atoms with Crippen molar-refractivity contribution in [2.45, 2.75) is 25.8 Å². The molecule has 1 heterocycles. The monoisotopic (exact) mass is 315 g/mol. The Morgan fingerprint density at radius 3 is 2.68 bits per heavy atom. The van der Waals surface area contributed by atoms with Gasteiger partial charge in [-0.25, -0.2) is 0 Å². The molecule has 0 saturated carbocycles. The van der Waals surface area contributed by atoms with Crippen molar-refractivity contribution in [3.8, 4) is 5.75 Å². The molecule has 1 aliphatic heterocycles. The molecular formula is C19H22ClNO. The third-order valence-corrected chi connectivity index (χ3v) is 4.61. The molecule has 0 spiro atoms. The van der Waals surface area contributed by atoms with Crippen molar-refractivity contribution in [1.29, 1.82) is 0 Å². The first-order valence-electron chi connectivity index (χ1n) is 7.87. The number of nitrogens with zero attached hydrogens (tertiary/aromatic N) is 1. The molecule has 0 aliphatic carbocycles. The second kappa shape index (κ2) is 7.17. The minimum Gasteiger partial charge on any atom is -0.497 e. The van der Waals surface area contributed by atoms with Gasteiger partial charge in [0.15, 0.2) is 0 Å². The first kappa shape index (κ1) is 15.4. The SMILES string of the molecule is COc1ccc2c(c1)CCN(CCCc1ccc(Cl)cc1)C2. The number of hydrogen-bond acceptors (Lipinski definition) is 2. The van der Waals surface area contributed by atoms with Gasteiger partial charge in [0.05, 0.1) is 7.11 Å². The maximum absolute atomic E-state index is 5.92. The van der Waals surface area contributed by atoms with Gasteiger partial charge in [-0.1, -0.05) is 29.8 Å². The van der Waals surface area contributed by atoms with E-state index in [1.54, 1.807) is 7.11 Å². The molecule has 0 amide bonds. The predicted octanol–water partition coefficient (Wildman–Crippen LogP) is 4.34. The third kappa shape index (κ3) is 3.82. The lowest BCUT2D eigenvalue weighted by molar-refractivity contribution is 0.251. The van der Waals surface area contributed by atoms with Crippen LogP contribution in [-0.2, 0) is 19.4 Å². The van der Waals surface area contributed by atoms with Crippen LogP contribution in [0.5, 0.6) is 5.75 Å². The molecule has 0 aromatic heterocycles. The van der Waals surface area contributed by atoms with Gasteiger partial charge in [-0.3, -0.25) is 4.90 Å². The first-order valence-corrected chi connectivity index (χ1v) is 8.25. The number of fused-ring (bicyclic) bond motifs is 1. The Bertz CT molecular complexity index is 624. The quantitative estimate of drug-likeness (QED) is 0.814. The summed E-state index contributed by atoms with van der Waals surface area (Å²) in [7, 11) is 1.73. The Hall–Kier alpha value is -1.51. The molecule has 3 rings (SSSR count). The van der Waals surface area contributed by atoms with Crippen LogP contribution < -0.4 is 4.74 Å². The summed E-state index contributed by atoms with van der Waals surface area (Å²) in [5.41, 5.74) is 4.25. The largest absolute Gasteiger partial charge is 0.497 e. The van der Waals surface area contributed by atoms with E-state index in [4.69, 9.17) is 16.3 Å². The molecule has 0 N–H and O–H groups in total. The zero-order valence-electron chi connectivity index (χ0n) is 13.0. The van der Waals surface area contributed by atoms with E-state index in [1.807, 2.05) is 12.1 Å². The van der Waals surface area contributed by atoms with Gasteiger partial charge in [0.25, 0.3) is 0 Å². The van der Waals surface area contributed by atoms with Crippen molar-refractivity contribution in [2.24, 2.45) is 0 Å². The first-order chi connectivity index (χ1) is 10.7. The summed E-state index contributed by atoms with van der Waals surface area (Å²) in [5, 5.41) is 0.812. The standard InChI is InChI=1S/C19H22ClNO/c1-22-19-9-6-17-14-21(12-10-16(17)13-19)11-2-3-15-4-7-18(20)8-5-15/h4-9,13H,2-3,10-12,14H2,1H3. The Balaban J connectivity index is 1.51. The van der Waals surface area contributed by atoms with E-state index in [9.17, 15) is 0 Å². The van der Waals surface area contributed by atoms with Crippen LogP contribution in [0.4, 0.5) is 0 Å². The summed E-state index contributed by atoms with van der Waals surface area (Å²) in [6.07, 6.45) is 3.42. The number of hydrogen-bond donors (Lipinski definition) is 0. The van der Waals surface area contributed by atoms with Crippen LogP contribution >= 0.6 is 11.6 Å². The molecule has 0 unspecified atom stereocenters. The molecule has 0 radical (unpaired) electrons. The molecule has 1 aliphatic rings. The van der Waals surface area contributed by atoms with E-state index in [1.165, 1.54) is 23.1 Å². The average Bonchev–Trinajstić information content (AvgIpc) is 2.56. The van der Waals surface area contributed by atoms with Gasteiger partial charge in [0, 0.05) is 18.1 Å². The van der Waals surface area contributed by atoms with Crippen LogP contribution in [0.25, 0.3) is 0 Å².